The van der Waals surface area contributed by atoms with Gasteiger partial charge in [-0.15, -0.1) is 0 Å². The Morgan fingerprint density at radius 3 is 2.67 bits per heavy atom. The Kier molecular flexibility index (Phi) is 2.66. The number of hydrogen-bond donors (Lipinski definition) is 2. The van der Waals surface area contributed by atoms with Crippen molar-refractivity contribution >= 4 is 5.97 Å². The average Bonchev–Trinajstić information content (AvgIpc) is 2.69. The highest BCUT2D eigenvalue weighted by Gasteiger charge is 2.43. The Morgan fingerprint density at radius 2 is 2.11 bits per heavy atom. The second-order valence-electron chi connectivity index (χ2n) is 5.44. The minimum absolute atomic E-state index is 0.0719. The molecular formula is C13H18N2O3. The molecule has 3 rings (SSSR count). The van der Waals surface area contributed by atoms with E-state index in [1.165, 1.54) is 0 Å². The Morgan fingerprint density at radius 1 is 1.33 bits per heavy atom. The SMILES string of the molecule is O=C(O)c1nc(C2(CO)CCC2)n2c1CCCC2. The molecular weight excluding hydrogens is 232 g/mol. The van der Waals surface area contributed by atoms with E-state index in [0.29, 0.717) is 0 Å². The molecule has 1 fully saturated rings. The summed E-state index contributed by atoms with van der Waals surface area (Å²) in [6.07, 6.45) is 5.80. The zero-order chi connectivity index (χ0) is 12.8. The van der Waals surface area contributed by atoms with E-state index >= 15 is 0 Å². The Balaban J connectivity index is 2.12. The van der Waals surface area contributed by atoms with Crippen molar-refractivity contribution < 1.29 is 15.0 Å². The van der Waals surface area contributed by atoms with Crippen LogP contribution in [0.4, 0.5) is 0 Å². The van der Waals surface area contributed by atoms with Gasteiger partial charge in [0.05, 0.1) is 17.7 Å². The van der Waals surface area contributed by atoms with Crippen LogP contribution in [-0.2, 0) is 18.4 Å². The van der Waals surface area contributed by atoms with E-state index in [-0.39, 0.29) is 17.7 Å². The summed E-state index contributed by atoms with van der Waals surface area (Å²) in [5, 5.41) is 18.9. The second kappa shape index (κ2) is 4.09. The van der Waals surface area contributed by atoms with Gasteiger partial charge in [-0.05, 0) is 32.1 Å². The molecule has 5 heteroatoms. The number of aromatic carboxylic acids is 1. The summed E-state index contributed by atoms with van der Waals surface area (Å²) < 4.78 is 2.06. The fourth-order valence-corrected chi connectivity index (χ4v) is 3.18. The lowest BCUT2D eigenvalue weighted by Gasteiger charge is -2.40. The van der Waals surface area contributed by atoms with Gasteiger partial charge in [-0.3, -0.25) is 0 Å². The third-order valence-electron chi connectivity index (χ3n) is 4.41. The van der Waals surface area contributed by atoms with E-state index in [2.05, 4.69) is 9.55 Å². The van der Waals surface area contributed by atoms with Gasteiger partial charge < -0.3 is 14.8 Å². The molecule has 0 atom stereocenters. The van der Waals surface area contributed by atoms with E-state index in [9.17, 15) is 15.0 Å². The van der Waals surface area contributed by atoms with Crippen molar-refractivity contribution in [3.05, 3.63) is 17.2 Å². The molecule has 2 heterocycles. The highest BCUT2D eigenvalue weighted by Crippen LogP contribution is 2.44. The maximum absolute atomic E-state index is 11.3. The predicted octanol–water partition coefficient (Wildman–Crippen LogP) is 1.33. The maximum atomic E-state index is 11.3. The first kappa shape index (κ1) is 11.7. The molecule has 0 unspecified atom stereocenters. The molecule has 0 spiro atoms. The first-order valence-corrected chi connectivity index (χ1v) is 6.62. The molecule has 18 heavy (non-hydrogen) atoms. The van der Waals surface area contributed by atoms with Gasteiger partial charge in [0.1, 0.15) is 5.82 Å². The Labute approximate surface area is 105 Å². The van der Waals surface area contributed by atoms with Crippen molar-refractivity contribution in [1.29, 1.82) is 0 Å². The summed E-state index contributed by atoms with van der Waals surface area (Å²) in [5.74, 6) is -0.136. The van der Waals surface area contributed by atoms with Gasteiger partial charge in [0, 0.05) is 6.54 Å². The molecule has 0 amide bonds. The third-order valence-corrected chi connectivity index (χ3v) is 4.41. The zero-order valence-electron chi connectivity index (χ0n) is 10.4. The van der Waals surface area contributed by atoms with Crippen LogP contribution in [0.25, 0.3) is 0 Å². The number of imidazole rings is 1. The molecule has 98 valence electrons. The largest absolute Gasteiger partial charge is 0.476 e. The zero-order valence-corrected chi connectivity index (χ0v) is 10.4. The lowest BCUT2D eigenvalue weighted by molar-refractivity contribution is 0.0688. The van der Waals surface area contributed by atoms with Crippen molar-refractivity contribution in [2.75, 3.05) is 6.61 Å². The molecule has 1 aliphatic carbocycles. The highest BCUT2D eigenvalue weighted by molar-refractivity contribution is 5.87. The number of carbonyl (C=O) groups is 1. The first-order chi connectivity index (χ1) is 8.68. The molecule has 0 radical (unpaired) electrons. The number of hydrogen-bond acceptors (Lipinski definition) is 3. The number of carboxylic acid groups (broad SMARTS) is 1. The van der Waals surface area contributed by atoms with Gasteiger partial charge in [-0.25, -0.2) is 9.78 Å². The normalized spacial score (nSPS) is 21.2. The number of fused-ring (bicyclic) bond motifs is 1. The molecule has 0 aromatic carbocycles. The van der Waals surface area contributed by atoms with E-state index in [4.69, 9.17) is 0 Å². The van der Waals surface area contributed by atoms with Crippen LogP contribution < -0.4 is 0 Å². The van der Waals surface area contributed by atoms with Gasteiger partial charge in [0.15, 0.2) is 5.69 Å². The average molecular weight is 250 g/mol. The quantitative estimate of drug-likeness (QED) is 0.848. The van der Waals surface area contributed by atoms with Gasteiger partial charge in [-0.1, -0.05) is 6.42 Å². The number of aliphatic hydroxyl groups is 1. The van der Waals surface area contributed by atoms with Crippen LogP contribution in [0.3, 0.4) is 0 Å². The van der Waals surface area contributed by atoms with E-state index in [0.717, 1.165) is 56.6 Å². The number of carboxylic acids is 1. The molecule has 1 aromatic heterocycles. The number of aromatic nitrogens is 2. The third kappa shape index (κ3) is 1.50. The Bertz CT molecular complexity index is 483. The van der Waals surface area contributed by atoms with Gasteiger partial charge in [-0.2, -0.15) is 0 Å². The molecule has 1 saturated carbocycles. The lowest BCUT2D eigenvalue weighted by Crippen LogP contribution is -2.41. The van der Waals surface area contributed by atoms with Crippen LogP contribution >= 0.6 is 0 Å². The molecule has 1 aliphatic heterocycles. The van der Waals surface area contributed by atoms with Crippen LogP contribution in [0, 0.1) is 0 Å². The first-order valence-electron chi connectivity index (χ1n) is 6.62. The van der Waals surface area contributed by atoms with E-state index in [1.54, 1.807) is 0 Å². The number of rotatable bonds is 3. The van der Waals surface area contributed by atoms with Crippen molar-refractivity contribution in [3.8, 4) is 0 Å². The van der Waals surface area contributed by atoms with Gasteiger partial charge >= 0.3 is 5.97 Å². The summed E-state index contributed by atoms with van der Waals surface area (Å²) in [5.41, 5.74) is 0.771. The molecule has 1 aromatic rings. The number of aliphatic hydroxyl groups excluding tert-OH is 1. The fraction of sp³-hybridized carbons (Fsp3) is 0.692. The van der Waals surface area contributed by atoms with Crippen molar-refractivity contribution in [2.45, 2.75) is 50.5 Å². The minimum atomic E-state index is -0.945. The van der Waals surface area contributed by atoms with Crippen molar-refractivity contribution in [3.63, 3.8) is 0 Å². The molecule has 2 aliphatic rings. The molecule has 2 N–H and O–H groups in total. The highest BCUT2D eigenvalue weighted by atomic mass is 16.4. The van der Waals surface area contributed by atoms with Crippen LogP contribution in [0.2, 0.25) is 0 Å². The minimum Gasteiger partial charge on any atom is -0.476 e. The summed E-state index contributed by atoms with van der Waals surface area (Å²) in [6.45, 7) is 0.912. The summed E-state index contributed by atoms with van der Waals surface area (Å²) >= 11 is 0. The summed E-state index contributed by atoms with van der Waals surface area (Å²) in [6, 6.07) is 0. The van der Waals surface area contributed by atoms with E-state index in [1.807, 2.05) is 0 Å². The summed E-state index contributed by atoms with van der Waals surface area (Å²) in [7, 11) is 0. The van der Waals surface area contributed by atoms with E-state index < -0.39 is 5.97 Å². The second-order valence-corrected chi connectivity index (χ2v) is 5.44. The molecule has 0 bridgehead atoms. The number of nitrogens with zero attached hydrogens (tertiary/aromatic N) is 2. The van der Waals surface area contributed by atoms with Crippen LogP contribution in [0.1, 0.15) is 54.1 Å². The van der Waals surface area contributed by atoms with Gasteiger partial charge in [0.25, 0.3) is 0 Å². The van der Waals surface area contributed by atoms with Crippen molar-refractivity contribution in [1.82, 2.24) is 9.55 Å². The maximum Gasteiger partial charge on any atom is 0.356 e. The fourth-order valence-electron chi connectivity index (χ4n) is 3.18. The smallest absolute Gasteiger partial charge is 0.356 e. The Hall–Kier alpha value is -1.36. The predicted molar refractivity (Wildman–Crippen MR) is 64.7 cm³/mol. The summed E-state index contributed by atoms with van der Waals surface area (Å²) in [4.78, 5) is 15.6. The molecule has 0 saturated heterocycles. The lowest BCUT2D eigenvalue weighted by atomic mass is 9.68. The van der Waals surface area contributed by atoms with Crippen LogP contribution in [0.15, 0.2) is 0 Å². The van der Waals surface area contributed by atoms with Crippen LogP contribution in [-0.4, -0.2) is 32.3 Å². The molecule has 5 nitrogen and oxygen atoms in total. The monoisotopic (exact) mass is 250 g/mol. The van der Waals surface area contributed by atoms with Gasteiger partial charge in [0.2, 0.25) is 0 Å². The standard InChI is InChI=1S/C13H18N2O3/c16-8-13(5-3-6-13)12-14-10(11(17)18)9-4-1-2-7-15(9)12/h16H,1-8H2,(H,17,18). The van der Waals surface area contributed by atoms with Crippen LogP contribution in [0.5, 0.6) is 0 Å². The topological polar surface area (TPSA) is 75.3 Å². The van der Waals surface area contributed by atoms with Crippen molar-refractivity contribution in [2.24, 2.45) is 0 Å².